The molecule has 2 amide bonds. The summed E-state index contributed by atoms with van der Waals surface area (Å²) in [4.78, 5) is 34.1. The van der Waals surface area contributed by atoms with Crippen LogP contribution < -0.4 is 0 Å². The number of carbonyl (C=O) groups is 2. The minimum Gasteiger partial charge on any atom is -0.342 e. The molecule has 2 fully saturated rings. The maximum Gasteiger partial charge on any atom is 0.273 e. The molecule has 4 rings (SSSR count). The van der Waals surface area contributed by atoms with E-state index in [2.05, 4.69) is 9.88 Å². The van der Waals surface area contributed by atoms with Crippen molar-refractivity contribution in [1.82, 2.24) is 14.8 Å². The molecule has 0 radical (unpaired) electrons. The number of nitrogens with zero attached hydrogens (tertiary/aromatic N) is 3. The Labute approximate surface area is 160 Å². The van der Waals surface area contributed by atoms with Gasteiger partial charge in [-0.1, -0.05) is 37.1 Å². The topological polar surface area (TPSA) is 53.5 Å². The molecule has 142 valence electrons. The maximum atomic E-state index is 13.0. The Kier molecular flexibility index (Phi) is 5.37. The normalized spacial score (nSPS) is 19.1. The van der Waals surface area contributed by atoms with Gasteiger partial charge in [0, 0.05) is 43.7 Å². The van der Waals surface area contributed by atoms with E-state index in [1.807, 2.05) is 35.2 Å². The first-order chi connectivity index (χ1) is 13.2. The van der Waals surface area contributed by atoms with Gasteiger partial charge in [0.15, 0.2) is 0 Å². The van der Waals surface area contributed by atoms with E-state index in [1.54, 1.807) is 6.20 Å². The van der Waals surface area contributed by atoms with Crippen molar-refractivity contribution in [3.63, 3.8) is 0 Å². The zero-order valence-corrected chi connectivity index (χ0v) is 15.8. The second kappa shape index (κ2) is 8.07. The van der Waals surface area contributed by atoms with Crippen molar-refractivity contribution in [2.45, 2.75) is 38.5 Å². The average Bonchev–Trinajstić information content (AvgIpc) is 3.02. The first-order valence-corrected chi connectivity index (χ1v) is 10.2. The molecule has 0 saturated carbocycles. The molecule has 3 heterocycles. The highest BCUT2D eigenvalue weighted by molar-refractivity contribution is 6.05. The highest BCUT2D eigenvalue weighted by Gasteiger charge is 2.31. The van der Waals surface area contributed by atoms with Gasteiger partial charge in [-0.3, -0.25) is 14.6 Å². The zero-order valence-electron chi connectivity index (χ0n) is 15.8. The lowest BCUT2D eigenvalue weighted by Gasteiger charge is -2.34. The highest BCUT2D eigenvalue weighted by atomic mass is 16.2. The summed E-state index contributed by atoms with van der Waals surface area (Å²) in [6.07, 6.45) is 7.91. The summed E-state index contributed by atoms with van der Waals surface area (Å²) < 4.78 is 0. The standard InChI is InChI=1S/C22H27N3O2/c26-21(24-13-5-1-2-6-14-24)18-10-15-25(16-11-18)22(27)20-19-8-4-3-7-17(19)9-12-23-20/h3-4,7-9,12,18H,1-2,5-6,10-11,13-16H2. The molecule has 2 aliphatic rings. The SMILES string of the molecule is O=C(c1nccc2ccccc12)N1CCC(C(=O)N2CCCCCC2)CC1. The number of rotatable bonds is 2. The van der Waals surface area contributed by atoms with Crippen molar-refractivity contribution in [3.8, 4) is 0 Å². The van der Waals surface area contributed by atoms with Crippen molar-refractivity contribution in [1.29, 1.82) is 0 Å². The molecule has 0 unspecified atom stereocenters. The van der Waals surface area contributed by atoms with Crippen molar-refractivity contribution >= 4 is 22.6 Å². The Morgan fingerprint density at radius 3 is 2.30 bits per heavy atom. The summed E-state index contributed by atoms with van der Waals surface area (Å²) in [6, 6.07) is 9.78. The van der Waals surface area contributed by atoms with Crippen LogP contribution in [-0.2, 0) is 4.79 Å². The fourth-order valence-electron chi connectivity index (χ4n) is 4.32. The van der Waals surface area contributed by atoms with Gasteiger partial charge in [0.2, 0.25) is 5.91 Å². The van der Waals surface area contributed by atoms with Crippen molar-refractivity contribution in [3.05, 3.63) is 42.2 Å². The van der Waals surface area contributed by atoms with Gasteiger partial charge in [-0.25, -0.2) is 0 Å². The number of amides is 2. The number of fused-ring (bicyclic) bond motifs is 1. The van der Waals surface area contributed by atoms with Crippen LogP contribution >= 0.6 is 0 Å². The molecule has 1 aromatic heterocycles. The van der Waals surface area contributed by atoms with Crippen LogP contribution in [0.2, 0.25) is 0 Å². The molecular weight excluding hydrogens is 338 g/mol. The number of hydrogen-bond acceptors (Lipinski definition) is 3. The Morgan fingerprint density at radius 1 is 0.852 bits per heavy atom. The lowest BCUT2D eigenvalue weighted by Crippen LogP contribution is -2.44. The number of carbonyl (C=O) groups excluding carboxylic acids is 2. The minimum atomic E-state index is -0.0209. The number of piperidine rings is 1. The number of benzene rings is 1. The second-order valence-corrected chi connectivity index (χ2v) is 7.69. The van der Waals surface area contributed by atoms with E-state index in [1.165, 1.54) is 12.8 Å². The van der Waals surface area contributed by atoms with E-state index in [0.29, 0.717) is 24.7 Å². The Balaban J connectivity index is 1.41. The van der Waals surface area contributed by atoms with Gasteiger partial charge < -0.3 is 9.80 Å². The van der Waals surface area contributed by atoms with E-state index in [9.17, 15) is 9.59 Å². The summed E-state index contributed by atoms with van der Waals surface area (Å²) in [7, 11) is 0. The quantitative estimate of drug-likeness (QED) is 0.819. The fourth-order valence-corrected chi connectivity index (χ4v) is 4.32. The van der Waals surface area contributed by atoms with Crippen LogP contribution in [0.1, 0.15) is 49.0 Å². The summed E-state index contributed by atoms with van der Waals surface area (Å²) in [6.45, 7) is 3.07. The number of hydrogen-bond donors (Lipinski definition) is 0. The summed E-state index contributed by atoms with van der Waals surface area (Å²) in [5.74, 6) is 0.340. The van der Waals surface area contributed by atoms with Crippen LogP contribution in [0.15, 0.2) is 36.5 Å². The lowest BCUT2D eigenvalue weighted by molar-refractivity contribution is -0.136. The number of pyridine rings is 1. The number of likely N-dealkylation sites (tertiary alicyclic amines) is 2. The van der Waals surface area contributed by atoms with Crippen LogP contribution in [0.4, 0.5) is 0 Å². The predicted molar refractivity (Wildman–Crippen MR) is 105 cm³/mol. The maximum absolute atomic E-state index is 13.0. The van der Waals surface area contributed by atoms with Crippen LogP contribution in [0.5, 0.6) is 0 Å². The average molecular weight is 365 g/mol. The summed E-state index contributed by atoms with van der Waals surface area (Å²) in [5, 5.41) is 1.93. The summed E-state index contributed by atoms with van der Waals surface area (Å²) >= 11 is 0. The van der Waals surface area contributed by atoms with Crippen LogP contribution in [-0.4, -0.2) is 52.8 Å². The summed E-state index contributed by atoms with van der Waals surface area (Å²) in [5.41, 5.74) is 0.519. The first-order valence-electron chi connectivity index (χ1n) is 10.2. The van der Waals surface area contributed by atoms with Gasteiger partial charge >= 0.3 is 0 Å². The van der Waals surface area contributed by atoms with Crippen LogP contribution in [0.25, 0.3) is 10.8 Å². The highest BCUT2D eigenvalue weighted by Crippen LogP contribution is 2.24. The monoisotopic (exact) mass is 365 g/mol. The first kappa shape index (κ1) is 18.0. The smallest absolute Gasteiger partial charge is 0.273 e. The molecule has 0 atom stereocenters. The van der Waals surface area contributed by atoms with E-state index in [0.717, 1.165) is 49.5 Å². The molecule has 0 N–H and O–H groups in total. The minimum absolute atomic E-state index is 0.0209. The van der Waals surface area contributed by atoms with E-state index < -0.39 is 0 Å². The fraction of sp³-hybridized carbons (Fsp3) is 0.500. The Morgan fingerprint density at radius 2 is 1.56 bits per heavy atom. The third kappa shape index (κ3) is 3.82. The second-order valence-electron chi connectivity index (χ2n) is 7.69. The van der Waals surface area contributed by atoms with Crippen LogP contribution in [0, 0.1) is 5.92 Å². The van der Waals surface area contributed by atoms with E-state index in [4.69, 9.17) is 0 Å². The predicted octanol–water partition coefficient (Wildman–Crippen LogP) is 3.49. The molecule has 2 aromatic rings. The van der Waals surface area contributed by atoms with Crippen molar-refractivity contribution in [2.75, 3.05) is 26.2 Å². The van der Waals surface area contributed by atoms with Crippen molar-refractivity contribution < 1.29 is 9.59 Å². The molecule has 2 saturated heterocycles. The van der Waals surface area contributed by atoms with Gasteiger partial charge in [-0.05, 0) is 37.1 Å². The largest absolute Gasteiger partial charge is 0.342 e. The molecule has 0 aliphatic carbocycles. The van der Waals surface area contributed by atoms with Crippen molar-refractivity contribution in [2.24, 2.45) is 5.92 Å². The molecule has 0 bridgehead atoms. The lowest BCUT2D eigenvalue weighted by atomic mass is 9.94. The van der Waals surface area contributed by atoms with Gasteiger partial charge in [0.1, 0.15) is 5.69 Å². The van der Waals surface area contributed by atoms with Gasteiger partial charge in [0.25, 0.3) is 5.91 Å². The Bertz CT molecular complexity index is 814. The Hall–Kier alpha value is -2.43. The molecule has 2 aliphatic heterocycles. The molecule has 0 spiro atoms. The van der Waals surface area contributed by atoms with Gasteiger partial charge in [0.05, 0.1) is 0 Å². The van der Waals surface area contributed by atoms with Gasteiger partial charge in [-0.15, -0.1) is 0 Å². The molecule has 1 aromatic carbocycles. The van der Waals surface area contributed by atoms with E-state index in [-0.39, 0.29) is 11.8 Å². The molecule has 5 heteroatoms. The van der Waals surface area contributed by atoms with Gasteiger partial charge in [-0.2, -0.15) is 0 Å². The molecular formula is C22H27N3O2. The molecule has 5 nitrogen and oxygen atoms in total. The van der Waals surface area contributed by atoms with Crippen LogP contribution in [0.3, 0.4) is 0 Å². The third-order valence-corrected chi connectivity index (χ3v) is 5.93. The molecule has 27 heavy (non-hydrogen) atoms. The number of aromatic nitrogens is 1. The van der Waals surface area contributed by atoms with E-state index >= 15 is 0 Å². The zero-order chi connectivity index (χ0) is 18.6. The third-order valence-electron chi connectivity index (χ3n) is 5.93.